The Labute approximate surface area is 257 Å². The predicted octanol–water partition coefficient (Wildman–Crippen LogP) is 5.07. The number of hydrogen-bond acceptors (Lipinski definition) is 9. The van der Waals surface area contributed by atoms with Gasteiger partial charge in [-0.15, -0.1) is 0 Å². The molecule has 3 aromatic carbocycles. The standard InChI is InChI=1S/C33H31N3O7S/c1-5-41-32(38)29-21(4)34-33-35(30(29)24-10-16-27(17-11-24)43-20(2)3)31(37)28(44-33)18-22-8-14-26(15-9-22)42-19-23-6-12-25(13-7-23)36(39)40/h6-18,20,30H,5,19H2,1-4H3/b28-18-/t30-/m1/s1. The van der Waals surface area contributed by atoms with Crippen molar-refractivity contribution in [1.29, 1.82) is 0 Å². The highest BCUT2D eigenvalue weighted by Gasteiger charge is 2.33. The zero-order valence-corrected chi connectivity index (χ0v) is 25.5. The van der Waals surface area contributed by atoms with E-state index in [2.05, 4.69) is 4.99 Å². The summed E-state index contributed by atoms with van der Waals surface area (Å²) in [6.45, 7) is 7.83. The molecule has 0 unspecified atom stereocenters. The van der Waals surface area contributed by atoms with E-state index >= 15 is 0 Å². The van der Waals surface area contributed by atoms with Gasteiger partial charge in [-0.25, -0.2) is 9.79 Å². The van der Waals surface area contributed by atoms with Gasteiger partial charge < -0.3 is 14.2 Å². The van der Waals surface area contributed by atoms with Crippen LogP contribution in [0.2, 0.25) is 0 Å². The number of carbonyl (C=O) groups excluding carboxylic acids is 1. The lowest BCUT2D eigenvalue weighted by Gasteiger charge is -2.25. The van der Waals surface area contributed by atoms with Crippen molar-refractivity contribution in [2.75, 3.05) is 6.61 Å². The van der Waals surface area contributed by atoms with Gasteiger partial charge in [0.05, 0.1) is 39.5 Å². The number of nitro benzene ring substituents is 1. The zero-order valence-electron chi connectivity index (χ0n) is 24.7. The minimum absolute atomic E-state index is 0.00596. The summed E-state index contributed by atoms with van der Waals surface area (Å²) in [4.78, 5) is 42.5. The summed E-state index contributed by atoms with van der Waals surface area (Å²) in [6, 6.07) is 20.1. The SMILES string of the molecule is CCOC(=O)C1=C(C)N=c2s/c(=C\c3ccc(OCc4ccc([N+](=O)[O-])cc4)cc3)c(=O)n2[C@@H]1c1ccc(OC(C)C)cc1. The van der Waals surface area contributed by atoms with Gasteiger partial charge in [-0.1, -0.05) is 35.6 Å². The average Bonchev–Trinajstić information content (AvgIpc) is 3.30. The molecular weight excluding hydrogens is 582 g/mol. The van der Waals surface area contributed by atoms with Gasteiger partial charge in [-0.3, -0.25) is 19.5 Å². The lowest BCUT2D eigenvalue weighted by atomic mass is 9.96. The Morgan fingerprint density at radius 1 is 1.05 bits per heavy atom. The number of rotatable bonds is 10. The number of hydrogen-bond donors (Lipinski definition) is 0. The lowest BCUT2D eigenvalue weighted by molar-refractivity contribution is -0.384. The molecule has 1 aromatic heterocycles. The molecule has 0 amide bonds. The summed E-state index contributed by atoms with van der Waals surface area (Å²) >= 11 is 1.25. The molecule has 0 radical (unpaired) electrons. The van der Waals surface area contributed by atoms with Crippen LogP contribution in [0.25, 0.3) is 6.08 Å². The van der Waals surface area contributed by atoms with Crippen molar-refractivity contribution in [2.24, 2.45) is 4.99 Å². The van der Waals surface area contributed by atoms with Crippen LogP contribution in [0.3, 0.4) is 0 Å². The second-order valence-electron chi connectivity index (χ2n) is 10.3. The number of allylic oxidation sites excluding steroid dienone is 1. The Morgan fingerprint density at radius 2 is 1.70 bits per heavy atom. The molecule has 0 bridgehead atoms. The summed E-state index contributed by atoms with van der Waals surface area (Å²) in [7, 11) is 0. The molecule has 4 aromatic rings. The monoisotopic (exact) mass is 613 g/mol. The van der Waals surface area contributed by atoms with Gasteiger partial charge in [0.25, 0.3) is 11.2 Å². The van der Waals surface area contributed by atoms with Gasteiger partial charge in [-0.05, 0) is 86.9 Å². The maximum atomic E-state index is 13.9. The van der Waals surface area contributed by atoms with Crippen molar-refractivity contribution < 1.29 is 23.9 Å². The first-order chi connectivity index (χ1) is 21.1. The molecule has 0 N–H and O–H groups in total. The number of ether oxygens (including phenoxy) is 3. The number of fused-ring (bicyclic) bond motifs is 1. The van der Waals surface area contributed by atoms with Crippen LogP contribution >= 0.6 is 11.3 Å². The third-order valence-corrected chi connectivity index (χ3v) is 7.80. The maximum absolute atomic E-state index is 13.9. The molecule has 1 atom stereocenters. The summed E-state index contributed by atoms with van der Waals surface area (Å²) in [6.07, 6.45) is 1.79. The Morgan fingerprint density at radius 3 is 2.32 bits per heavy atom. The van der Waals surface area contributed by atoms with Crippen LogP contribution in [-0.2, 0) is 16.1 Å². The molecule has 0 aliphatic carbocycles. The number of nitro groups is 1. The second kappa shape index (κ2) is 13.1. The molecule has 10 nitrogen and oxygen atoms in total. The Hall–Kier alpha value is -5.03. The fourth-order valence-corrected chi connectivity index (χ4v) is 5.85. The highest BCUT2D eigenvalue weighted by atomic mass is 32.1. The largest absolute Gasteiger partial charge is 0.491 e. The van der Waals surface area contributed by atoms with Crippen LogP contribution < -0.4 is 24.4 Å². The molecule has 0 spiro atoms. The normalized spacial score (nSPS) is 14.7. The molecule has 0 saturated carbocycles. The van der Waals surface area contributed by atoms with Gasteiger partial charge >= 0.3 is 5.97 Å². The van der Waals surface area contributed by atoms with E-state index in [9.17, 15) is 19.7 Å². The quantitative estimate of drug-likeness (QED) is 0.139. The maximum Gasteiger partial charge on any atom is 0.338 e. The van der Waals surface area contributed by atoms with E-state index in [1.54, 1.807) is 48.8 Å². The number of carbonyl (C=O) groups is 1. The van der Waals surface area contributed by atoms with Crippen molar-refractivity contribution in [3.63, 3.8) is 0 Å². The number of esters is 1. The Kier molecular flexibility index (Phi) is 9.05. The second-order valence-corrected chi connectivity index (χ2v) is 11.3. The van der Waals surface area contributed by atoms with Crippen LogP contribution in [0.1, 0.15) is 50.4 Å². The Bertz CT molecular complexity index is 1890. The molecule has 5 rings (SSSR count). The van der Waals surface area contributed by atoms with Crippen molar-refractivity contribution >= 4 is 29.1 Å². The summed E-state index contributed by atoms with van der Waals surface area (Å²) in [5.41, 5.74) is 2.89. The fraction of sp³-hybridized carbons (Fsp3) is 0.242. The minimum Gasteiger partial charge on any atom is -0.491 e. The number of nitrogens with zero attached hydrogens (tertiary/aromatic N) is 3. The van der Waals surface area contributed by atoms with E-state index in [1.807, 2.05) is 50.2 Å². The molecule has 0 fully saturated rings. The van der Waals surface area contributed by atoms with Crippen LogP contribution in [-0.4, -0.2) is 28.2 Å². The van der Waals surface area contributed by atoms with Gasteiger partial charge in [-0.2, -0.15) is 0 Å². The van der Waals surface area contributed by atoms with E-state index in [4.69, 9.17) is 14.2 Å². The molecule has 226 valence electrons. The van der Waals surface area contributed by atoms with E-state index in [0.29, 0.717) is 32.1 Å². The van der Waals surface area contributed by atoms with Crippen molar-refractivity contribution in [3.8, 4) is 11.5 Å². The van der Waals surface area contributed by atoms with Gasteiger partial charge in [0.15, 0.2) is 4.80 Å². The molecule has 44 heavy (non-hydrogen) atoms. The fourth-order valence-electron chi connectivity index (χ4n) is 4.80. The number of thiazole rings is 1. The number of non-ortho nitro benzene ring substituents is 1. The molecule has 0 saturated heterocycles. The molecule has 1 aliphatic heterocycles. The third kappa shape index (κ3) is 6.63. The van der Waals surface area contributed by atoms with Crippen LogP contribution in [0.15, 0.2) is 93.9 Å². The van der Waals surface area contributed by atoms with E-state index in [0.717, 1.165) is 16.7 Å². The van der Waals surface area contributed by atoms with E-state index < -0.39 is 16.9 Å². The van der Waals surface area contributed by atoms with E-state index in [-0.39, 0.29) is 30.6 Å². The van der Waals surface area contributed by atoms with Crippen molar-refractivity contribution in [2.45, 2.75) is 46.4 Å². The Balaban J connectivity index is 1.44. The number of benzene rings is 3. The first-order valence-corrected chi connectivity index (χ1v) is 14.9. The third-order valence-electron chi connectivity index (χ3n) is 6.82. The number of aromatic nitrogens is 1. The van der Waals surface area contributed by atoms with Crippen molar-refractivity contribution in [1.82, 2.24) is 4.57 Å². The first kappa shape index (κ1) is 30.4. The van der Waals surface area contributed by atoms with Crippen LogP contribution in [0, 0.1) is 10.1 Å². The van der Waals surface area contributed by atoms with E-state index in [1.165, 1.54) is 23.5 Å². The molecule has 1 aliphatic rings. The summed E-state index contributed by atoms with van der Waals surface area (Å²) < 4.78 is 19.0. The highest BCUT2D eigenvalue weighted by molar-refractivity contribution is 7.07. The summed E-state index contributed by atoms with van der Waals surface area (Å²) in [5, 5.41) is 10.9. The zero-order chi connectivity index (χ0) is 31.4. The van der Waals surface area contributed by atoms with Crippen LogP contribution in [0.4, 0.5) is 5.69 Å². The van der Waals surface area contributed by atoms with Crippen molar-refractivity contribution in [3.05, 3.63) is 131 Å². The van der Waals surface area contributed by atoms with Crippen LogP contribution in [0.5, 0.6) is 11.5 Å². The van der Waals surface area contributed by atoms with Gasteiger partial charge in [0.2, 0.25) is 0 Å². The highest BCUT2D eigenvalue weighted by Crippen LogP contribution is 2.32. The first-order valence-electron chi connectivity index (χ1n) is 14.1. The smallest absolute Gasteiger partial charge is 0.338 e. The van der Waals surface area contributed by atoms with Gasteiger partial charge in [0, 0.05) is 12.1 Å². The van der Waals surface area contributed by atoms with Gasteiger partial charge in [0.1, 0.15) is 18.1 Å². The molecular formula is C33H31N3O7S. The minimum atomic E-state index is -0.712. The molecule has 2 heterocycles. The average molecular weight is 614 g/mol. The summed E-state index contributed by atoms with van der Waals surface area (Å²) in [5.74, 6) is 0.788. The topological polar surface area (TPSA) is 122 Å². The molecule has 11 heteroatoms. The lowest BCUT2D eigenvalue weighted by Crippen LogP contribution is -2.39. The predicted molar refractivity (Wildman–Crippen MR) is 166 cm³/mol.